The third kappa shape index (κ3) is 4.13. The van der Waals surface area contributed by atoms with Gasteiger partial charge in [0.1, 0.15) is 17.2 Å². The zero-order chi connectivity index (χ0) is 17.7. The van der Waals surface area contributed by atoms with Crippen LogP contribution in [0.25, 0.3) is 10.6 Å². The number of carboxylic acid groups (broad SMARTS) is 1. The van der Waals surface area contributed by atoms with Crippen LogP contribution in [0.1, 0.15) is 23.8 Å². The fourth-order valence-electron chi connectivity index (χ4n) is 2.10. The maximum Gasteiger partial charge on any atom is 0.323 e. The Morgan fingerprint density at radius 3 is 2.79 bits per heavy atom. The smallest absolute Gasteiger partial charge is 0.323 e. The van der Waals surface area contributed by atoms with Crippen molar-refractivity contribution >= 4 is 28.9 Å². The lowest BCUT2D eigenvalue weighted by Crippen LogP contribution is -2.36. The molecule has 0 spiro atoms. The molecule has 0 bridgehead atoms. The van der Waals surface area contributed by atoms with Crippen LogP contribution < -0.4 is 0 Å². The largest absolute Gasteiger partial charge is 0.480 e. The van der Waals surface area contributed by atoms with Crippen LogP contribution in [-0.2, 0) is 4.79 Å². The standard InChI is InChI=1S/C15H15N3O5S/c1-2-6-17(8-13(19)20)15(21)12-9-24-14(16-12)10-4-3-5-11(7-10)18(22)23/h3-5,7,9H,2,6,8H2,1H3,(H,19,20). The summed E-state index contributed by atoms with van der Waals surface area (Å²) in [6.07, 6.45) is 0.626. The summed E-state index contributed by atoms with van der Waals surface area (Å²) in [7, 11) is 0. The number of non-ortho nitro benzene ring substituents is 1. The lowest BCUT2D eigenvalue weighted by atomic mass is 10.2. The third-order valence-corrected chi connectivity index (χ3v) is 4.03. The highest BCUT2D eigenvalue weighted by Crippen LogP contribution is 2.27. The van der Waals surface area contributed by atoms with E-state index in [1.54, 1.807) is 12.1 Å². The second kappa shape index (κ2) is 7.64. The number of amides is 1. The first-order chi connectivity index (χ1) is 11.4. The lowest BCUT2D eigenvalue weighted by Gasteiger charge is -2.18. The average Bonchev–Trinajstić information content (AvgIpc) is 3.03. The monoisotopic (exact) mass is 349 g/mol. The van der Waals surface area contributed by atoms with Gasteiger partial charge in [0.25, 0.3) is 11.6 Å². The second-order valence-electron chi connectivity index (χ2n) is 4.97. The number of carboxylic acids is 1. The van der Waals surface area contributed by atoms with Crippen molar-refractivity contribution in [2.24, 2.45) is 0 Å². The summed E-state index contributed by atoms with van der Waals surface area (Å²) >= 11 is 1.18. The molecule has 1 amide bonds. The minimum absolute atomic E-state index is 0.0611. The molecule has 2 aromatic rings. The maximum absolute atomic E-state index is 12.4. The van der Waals surface area contributed by atoms with E-state index in [1.165, 1.54) is 33.7 Å². The molecule has 0 aliphatic heterocycles. The average molecular weight is 349 g/mol. The molecule has 0 fully saturated rings. The molecule has 1 aromatic carbocycles. The Morgan fingerprint density at radius 2 is 2.17 bits per heavy atom. The van der Waals surface area contributed by atoms with E-state index in [-0.39, 0.29) is 11.4 Å². The molecule has 0 atom stereocenters. The molecule has 0 aliphatic carbocycles. The highest BCUT2D eigenvalue weighted by molar-refractivity contribution is 7.13. The van der Waals surface area contributed by atoms with Gasteiger partial charge in [0.05, 0.1) is 4.92 Å². The van der Waals surface area contributed by atoms with E-state index in [4.69, 9.17) is 5.11 Å². The van der Waals surface area contributed by atoms with Crippen molar-refractivity contribution in [1.29, 1.82) is 0 Å². The van der Waals surface area contributed by atoms with Gasteiger partial charge in [0, 0.05) is 29.6 Å². The summed E-state index contributed by atoms with van der Waals surface area (Å²) in [4.78, 5) is 39.0. The number of nitrogens with zero attached hydrogens (tertiary/aromatic N) is 3. The molecule has 8 nitrogen and oxygen atoms in total. The fraction of sp³-hybridized carbons (Fsp3) is 0.267. The van der Waals surface area contributed by atoms with Gasteiger partial charge in [0.15, 0.2) is 0 Å². The number of carbonyl (C=O) groups is 2. The van der Waals surface area contributed by atoms with Crippen molar-refractivity contribution < 1.29 is 19.6 Å². The molecule has 2 rings (SSSR count). The highest BCUT2D eigenvalue weighted by atomic mass is 32.1. The zero-order valence-electron chi connectivity index (χ0n) is 12.8. The number of nitro groups is 1. The van der Waals surface area contributed by atoms with E-state index in [0.29, 0.717) is 23.5 Å². The number of aromatic nitrogens is 1. The lowest BCUT2D eigenvalue weighted by molar-refractivity contribution is -0.384. The van der Waals surface area contributed by atoms with Gasteiger partial charge in [-0.05, 0) is 6.42 Å². The van der Waals surface area contributed by atoms with Crippen molar-refractivity contribution in [3.8, 4) is 10.6 Å². The first-order valence-electron chi connectivity index (χ1n) is 7.13. The minimum Gasteiger partial charge on any atom is -0.480 e. The van der Waals surface area contributed by atoms with E-state index < -0.39 is 23.3 Å². The summed E-state index contributed by atoms with van der Waals surface area (Å²) in [5, 5.41) is 21.7. The number of hydrogen-bond acceptors (Lipinski definition) is 6. The van der Waals surface area contributed by atoms with Gasteiger partial charge in [-0.3, -0.25) is 19.7 Å². The molecule has 0 radical (unpaired) electrons. The molecular weight excluding hydrogens is 334 g/mol. The molecule has 0 aliphatic rings. The Bertz CT molecular complexity index is 774. The summed E-state index contributed by atoms with van der Waals surface area (Å²) in [6.45, 7) is 1.77. The van der Waals surface area contributed by atoms with Crippen molar-refractivity contribution in [3.63, 3.8) is 0 Å². The molecule has 0 saturated carbocycles. The van der Waals surface area contributed by atoms with Gasteiger partial charge in [-0.2, -0.15) is 0 Å². The van der Waals surface area contributed by atoms with E-state index in [9.17, 15) is 19.7 Å². The first-order valence-corrected chi connectivity index (χ1v) is 8.01. The molecule has 0 unspecified atom stereocenters. The molecule has 0 saturated heterocycles. The molecule has 1 aromatic heterocycles. The number of rotatable bonds is 7. The second-order valence-corrected chi connectivity index (χ2v) is 5.82. The zero-order valence-corrected chi connectivity index (χ0v) is 13.7. The number of hydrogen-bond donors (Lipinski definition) is 1. The Morgan fingerprint density at radius 1 is 1.42 bits per heavy atom. The summed E-state index contributed by atoms with van der Waals surface area (Å²) in [5.41, 5.74) is 0.610. The maximum atomic E-state index is 12.4. The van der Waals surface area contributed by atoms with Crippen molar-refractivity contribution in [3.05, 3.63) is 45.5 Å². The van der Waals surface area contributed by atoms with Crippen molar-refractivity contribution in [2.45, 2.75) is 13.3 Å². The van der Waals surface area contributed by atoms with Gasteiger partial charge in [-0.15, -0.1) is 11.3 Å². The van der Waals surface area contributed by atoms with Crippen LogP contribution in [0.15, 0.2) is 29.6 Å². The molecule has 1 N–H and O–H groups in total. The number of carbonyl (C=O) groups excluding carboxylic acids is 1. The number of thiazole rings is 1. The summed E-state index contributed by atoms with van der Waals surface area (Å²) < 4.78 is 0. The van der Waals surface area contributed by atoms with E-state index >= 15 is 0 Å². The van der Waals surface area contributed by atoms with Crippen molar-refractivity contribution in [2.75, 3.05) is 13.1 Å². The molecule has 9 heteroatoms. The van der Waals surface area contributed by atoms with Gasteiger partial charge >= 0.3 is 5.97 Å². The number of nitro benzene ring substituents is 1. The van der Waals surface area contributed by atoms with Crippen LogP contribution >= 0.6 is 11.3 Å². The number of benzene rings is 1. The molecular formula is C15H15N3O5S. The third-order valence-electron chi connectivity index (χ3n) is 3.13. The van der Waals surface area contributed by atoms with E-state index in [1.807, 2.05) is 6.92 Å². The Balaban J connectivity index is 2.26. The molecule has 1 heterocycles. The van der Waals surface area contributed by atoms with Crippen LogP contribution in [0.5, 0.6) is 0 Å². The predicted molar refractivity (Wildman–Crippen MR) is 88.0 cm³/mol. The topological polar surface area (TPSA) is 114 Å². The van der Waals surface area contributed by atoms with Crippen LogP contribution in [-0.4, -0.2) is 44.9 Å². The minimum atomic E-state index is -1.09. The molecule has 24 heavy (non-hydrogen) atoms. The summed E-state index contributed by atoms with van der Waals surface area (Å²) in [5.74, 6) is -1.56. The Hall–Kier alpha value is -2.81. The molecule has 126 valence electrons. The van der Waals surface area contributed by atoms with Gasteiger partial charge in [-0.1, -0.05) is 19.1 Å². The normalized spacial score (nSPS) is 10.4. The summed E-state index contributed by atoms with van der Waals surface area (Å²) in [6, 6.07) is 5.97. The fourth-order valence-corrected chi connectivity index (χ4v) is 2.90. The van der Waals surface area contributed by atoms with Crippen LogP contribution in [0.2, 0.25) is 0 Å². The number of aliphatic carboxylic acids is 1. The van der Waals surface area contributed by atoms with Crippen LogP contribution in [0.3, 0.4) is 0 Å². The quantitative estimate of drug-likeness (QED) is 0.607. The SMILES string of the molecule is CCCN(CC(=O)O)C(=O)c1csc(-c2cccc([N+](=O)[O-])c2)n1. The Kier molecular flexibility index (Phi) is 5.59. The van der Waals surface area contributed by atoms with E-state index in [2.05, 4.69) is 4.98 Å². The van der Waals surface area contributed by atoms with E-state index in [0.717, 1.165) is 0 Å². The first kappa shape index (κ1) is 17.5. The van der Waals surface area contributed by atoms with Crippen molar-refractivity contribution in [1.82, 2.24) is 9.88 Å². The van der Waals surface area contributed by atoms with Crippen LogP contribution in [0.4, 0.5) is 5.69 Å². The van der Waals surface area contributed by atoms with Gasteiger partial charge < -0.3 is 10.0 Å². The van der Waals surface area contributed by atoms with Crippen LogP contribution in [0, 0.1) is 10.1 Å². The highest BCUT2D eigenvalue weighted by Gasteiger charge is 2.21. The van der Waals surface area contributed by atoms with Gasteiger partial charge in [0.2, 0.25) is 0 Å². The Labute approximate surface area is 141 Å². The van der Waals surface area contributed by atoms with Gasteiger partial charge in [-0.25, -0.2) is 4.98 Å². The predicted octanol–water partition coefficient (Wildman–Crippen LogP) is 2.66.